The number of esters is 1. The van der Waals surface area contributed by atoms with Gasteiger partial charge in [-0.05, 0) is 69.2 Å². The monoisotopic (exact) mass is 584 g/mol. The van der Waals surface area contributed by atoms with Crippen LogP contribution < -0.4 is 10.1 Å². The lowest BCUT2D eigenvalue weighted by atomic mass is 9.99. The maximum atomic E-state index is 13.9. The molecule has 0 unspecified atom stereocenters. The van der Waals surface area contributed by atoms with E-state index in [0.717, 1.165) is 0 Å². The van der Waals surface area contributed by atoms with Gasteiger partial charge in [-0.1, -0.05) is 18.2 Å². The second-order valence-corrected chi connectivity index (χ2v) is 10.4. The highest BCUT2D eigenvalue weighted by molar-refractivity contribution is 5.95. The molecule has 0 aliphatic carbocycles. The summed E-state index contributed by atoms with van der Waals surface area (Å²) in [7, 11) is 0. The number of hydrogen-bond donors (Lipinski definition) is 1. The van der Waals surface area contributed by atoms with Gasteiger partial charge in [0, 0.05) is 22.7 Å². The van der Waals surface area contributed by atoms with Crippen molar-refractivity contribution >= 4 is 23.0 Å². The number of pyridine rings is 1. The van der Waals surface area contributed by atoms with Crippen molar-refractivity contribution in [3.8, 4) is 16.9 Å². The van der Waals surface area contributed by atoms with E-state index in [0.29, 0.717) is 40.0 Å². The quantitative estimate of drug-likeness (QED) is 0.207. The molecule has 42 heavy (non-hydrogen) atoms. The van der Waals surface area contributed by atoms with Crippen molar-refractivity contribution in [3.63, 3.8) is 0 Å². The summed E-state index contributed by atoms with van der Waals surface area (Å²) in [4.78, 5) is 28.4. The Morgan fingerprint density at radius 3 is 2.52 bits per heavy atom. The predicted molar refractivity (Wildman–Crippen MR) is 149 cm³/mol. The van der Waals surface area contributed by atoms with Crippen molar-refractivity contribution in [1.29, 1.82) is 0 Å². The third-order valence-corrected chi connectivity index (χ3v) is 5.99. The van der Waals surface area contributed by atoms with Crippen LogP contribution >= 0.6 is 0 Å². The summed E-state index contributed by atoms with van der Waals surface area (Å²) in [5, 5.41) is 2.50. The summed E-state index contributed by atoms with van der Waals surface area (Å²) in [6.45, 7) is 7.13. The van der Waals surface area contributed by atoms with E-state index in [9.17, 15) is 22.8 Å². The Kier molecular flexibility index (Phi) is 9.08. The van der Waals surface area contributed by atoms with Gasteiger partial charge in [0.05, 0.1) is 25.3 Å². The van der Waals surface area contributed by atoms with Crippen molar-refractivity contribution in [2.75, 3.05) is 6.61 Å². The van der Waals surface area contributed by atoms with Crippen LogP contribution in [0.15, 0.2) is 65.4 Å². The molecule has 0 atom stereocenters. The number of alkyl halides is 3. The van der Waals surface area contributed by atoms with Crippen molar-refractivity contribution in [2.45, 2.75) is 59.0 Å². The second-order valence-electron chi connectivity index (χ2n) is 10.4. The van der Waals surface area contributed by atoms with Crippen LogP contribution in [-0.2, 0) is 40.0 Å². The third kappa shape index (κ3) is 7.80. The molecule has 8 nitrogen and oxygen atoms in total. The molecule has 0 aliphatic heterocycles. The van der Waals surface area contributed by atoms with Crippen LogP contribution in [0.2, 0.25) is 0 Å². The van der Waals surface area contributed by atoms with Gasteiger partial charge in [0.25, 0.3) is 0 Å². The smallest absolute Gasteiger partial charge is 0.420 e. The third-order valence-electron chi connectivity index (χ3n) is 5.99. The lowest BCUT2D eigenvalue weighted by Gasteiger charge is -2.19. The molecule has 0 bridgehead atoms. The minimum absolute atomic E-state index is 0.00856. The predicted octanol–water partition coefficient (Wildman–Crippen LogP) is 7.22. The van der Waals surface area contributed by atoms with Crippen LogP contribution in [0, 0.1) is 0 Å². The topological polar surface area (TPSA) is 99.9 Å². The van der Waals surface area contributed by atoms with Crippen LogP contribution in [0.25, 0.3) is 22.1 Å². The number of hydrogen-bond acceptors (Lipinski definition) is 7. The molecular weight excluding hydrogens is 553 g/mol. The molecule has 0 aliphatic rings. The number of para-hydroxylation sites is 1. The van der Waals surface area contributed by atoms with Crippen molar-refractivity contribution in [3.05, 3.63) is 83.4 Å². The number of nitrogens with one attached hydrogen (secondary N) is 1. The first-order valence-corrected chi connectivity index (χ1v) is 13.2. The number of halogens is 3. The highest BCUT2D eigenvalue weighted by Crippen LogP contribution is 2.40. The fourth-order valence-electron chi connectivity index (χ4n) is 4.25. The maximum Gasteiger partial charge on any atom is 0.420 e. The van der Waals surface area contributed by atoms with Crippen molar-refractivity contribution in [1.82, 2.24) is 10.3 Å². The fraction of sp³-hybridized carbons (Fsp3) is 0.323. The standard InChI is InChI=1S/C31H31F3N2O6/c1-5-39-27(37)15-21-8-6-7-9-26(21)40-17-19-12-23(28-24(13-19)25(18-41-28)31(32,33)34)20-10-11-35-22(14-20)16-36-29(38)42-30(2,3)4/h6-14,18H,5,15-17H2,1-4H3,(H,36,38). The van der Waals surface area contributed by atoms with E-state index in [1.54, 1.807) is 70.2 Å². The van der Waals surface area contributed by atoms with E-state index in [1.165, 1.54) is 12.3 Å². The van der Waals surface area contributed by atoms with Gasteiger partial charge in [-0.25, -0.2) is 4.79 Å². The number of amides is 1. The van der Waals surface area contributed by atoms with Gasteiger partial charge < -0.3 is 23.9 Å². The summed E-state index contributed by atoms with van der Waals surface area (Å²) in [6.07, 6.45) is -3.09. The van der Waals surface area contributed by atoms with E-state index in [-0.39, 0.29) is 37.1 Å². The Balaban J connectivity index is 1.66. The molecule has 2 aromatic heterocycles. The minimum atomic E-state index is -4.64. The lowest BCUT2D eigenvalue weighted by Crippen LogP contribution is -2.32. The molecule has 0 radical (unpaired) electrons. The molecule has 2 aromatic carbocycles. The number of ether oxygens (including phenoxy) is 3. The van der Waals surface area contributed by atoms with Gasteiger partial charge in [0.1, 0.15) is 35.4 Å². The molecule has 222 valence electrons. The summed E-state index contributed by atoms with van der Waals surface area (Å²) < 4.78 is 63.3. The van der Waals surface area contributed by atoms with E-state index in [1.807, 2.05) is 0 Å². The number of carbonyl (C=O) groups is 2. The molecule has 4 aromatic rings. The Morgan fingerprint density at radius 2 is 1.81 bits per heavy atom. The van der Waals surface area contributed by atoms with Crippen molar-refractivity contribution in [2.24, 2.45) is 0 Å². The van der Waals surface area contributed by atoms with Gasteiger partial charge in [-0.2, -0.15) is 13.2 Å². The number of fused-ring (bicyclic) bond motifs is 1. The van der Waals surface area contributed by atoms with Gasteiger partial charge in [-0.15, -0.1) is 0 Å². The highest BCUT2D eigenvalue weighted by atomic mass is 19.4. The number of aromatic nitrogens is 1. The van der Waals surface area contributed by atoms with E-state index >= 15 is 0 Å². The van der Waals surface area contributed by atoms with Crippen LogP contribution in [-0.4, -0.2) is 29.3 Å². The Bertz CT molecular complexity index is 1570. The summed E-state index contributed by atoms with van der Waals surface area (Å²) >= 11 is 0. The minimum Gasteiger partial charge on any atom is -0.489 e. The largest absolute Gasteiger partial charge is 0.489 e. The van der Waals surface area contributed by atoms with E-state index in [2.05, 4.69) is 10.3 Å². The number of rotatable bonds is 9. The second kappa shape index (κ2) is 12.5. The maximum absolute atomic E-state index is 13.9. The van der Waals surface area contributed by atoms with Crippen LogP contribution in [0.3, 0.4) is 0 Å². The van der Waals surface area contributed by atoms with Gasteiger partial charge in [0.15, 0.2) is 0 Å². The number of carbonyl (C=O) groups excluding carboxylic acids is 2. The number of benzene rings is 2. The van der Waals surface area contributed by atoms with Gasteiger partial charge in [0.2, 0.25) is 0 Å². The Morgan fingerprint density at radius 1 is 1.05 bits per heavy atom. The zero-order valence-electron chi connectivity index (χ0n) is 23.6. The molecule has 0 spiro atoms. The molecular formula is C31H31F3N2O6. The molecule has 4 rings (SSSR count). The summed E-state index contributed by atoms with van der Waals surface area (Å²) in [5.74, 6) is -0.00465. The first kappa shape index (κ1) is 30.4. The average Bonchev–Trinajstić information content (AvgIpc) is 3.35. The number of furan rings is 1. The van der Waals surface area contributed by atoms with E-state index in [4.69, 9.17) is 18.6 Å². The zero-order chi connectivity index (χ0) is 30.5. The normalized spacial score (nSPS) is 11.8. The van der Waals surface area contributed by atoms with Gasteiger partial charge in [-0.3, -0.25) is 9.78 Å². The first-order chi connectivity index (χ1) is 19.8. The zero-order valence-corrected chi connectivity index (χ0v) is 23.6. The summed E-state index contributed by atoms with van der Waals surface area (Å²) in [6, 6.07) is 13.3. The van der Waals surface area contributed by atoms with Crippen LogP contribution in [0.1, 0.15) is 50.1 Å². The van der Waals surface area contributed by atoms with Crippen molar-refractivity contribution < 1.29 is 41.4 Å². The summed E-state index contributed by atoms with van der Waals surface area (Å²) in [5.41, 5.74) is 0.876. The molecule has 0 saturated heterocycles. The fourth-order valence-corrected chi connectivity index (χ4v) is 4.25. The molecule has 11 heteroatoms. The number of alkyl carbamates (subject to hydrolysis) is 1. The van der Waals surface area contributed by atoms with E-state index < -0.39 is 29.4 Å². The molecule has 1 N–H and O–H groups in total. The number of nitrogens with zero attached hydrogens (tertiary/aromatic N) is 1. The molecule has 1 amide bonds. The highest BCUT2D eigenvalue weighted by Gasteiger charge is 2.35. The first-order valence-electron chi connectivity index (χ1n) is 13.2. The Labute approximate surface area is 240 Å². The van der Waals surface area contributed by atoms with Crippen LogP contribution in [0.5, 0.6) is 5.75 Å². The Hall–Kier alpha value is -4.54. The molecule has 0 fully saturated rings. The van der Waals surface area contributed by atoms with Crippen LogP contribution in [0.4, 0.5) is 18.0 Å². The van der Waals surface area contributed by atoms with Gasteiger partial charge >= 0.3 is 18.2 Å². The SMILES string of the molecule is CCOC(=O)Cc1ccccc1OCc1cc(-c2ccnc(CNC(=O)OC(C)(C)C)c2)c2occ(C(F)(F)F)c2c1. The average molecular weight is 585 g/mol. The lowest BCUT2D eigenvalue weighted by molar-refractivity contribution is -0.142. The molecule has 0 saturated carbocycles. The molecule has 2 heterocycles.